The van der Waals surface area contributed by atoms with Crippen molar-refractivity contribution in [1.82, 2.24) is 4.98 Å². The average molecular weight is 415 g/mol. The molecule has 0 unspecified atom stereocenters. The van der Waals surface area contributed by atoms with Crippen molar-refractivity contribution in [3.63, 3.8) is 0 Å². The highest BCUT2D eigenvalue weighted by molar-refractivity contribution is 7.98. The summed E-state index contributed by atoms with van der Waals surface area (Å²) in [5.41, 5.74) is 1.46. The van der Waals surface area contributed by atoms with E-state index in [-0.39, 0.29) is 5.91 Å². The third-order valence-corrected chi connectivity index (χ3v) is 6.12. The number of hydrogen-bond acceptors (Lipinski definition) is 5. The fraction of sp³-hybridized carbons (Fsp3) is 0.100. The van der Waals surface area contributed by atoms with Crippen LogP contribution < -0.4 is 4.90 Å². The van der Waals surface area contributed by atoms with Crippen molar-refractivity contribution in [2.45, 2.75) is 11.4 Å². The summed E-state index contributed by atoms with van der Waals surface area (Å²) in [6, 6.07) is 16.8. The Hall–Kier alpha value is -2.28. The first-order chi connectivity index (χ1) is 13.2. The van der Waals surface area contributed by atoms with Crippen molar-refractivity contribution >= 4 is 56.0 Å². The molecule has 7 heteroatoms. The minimum atomic E-state index is -0.110. The molecular weight excluding hydrogens is 400 g/mol. The Morgan fingerprint density at radius 1 is 1.22 bits per heavy atom. The second-order valence-electron chi connectivity index (χ2n) is 5.78. The number of rotatable bonds is 5. The van der Waals surface area contributed by atoms with E-state index in [2.05, 4.69) is 4.98 Å². The number of benzene rings is 2. The van der Waals surface area contributed by atoms with Crippen LogP contribution in [0.3, 0.4) is 0 Å². The van der Waals surface area contributed by atoms with Crippen LogP contribution in [0.4, 0.5) is 5.13 Å². The van der Waals surface area contributed by atoms with Crippen LogP contribution in [0.15, 0.2) is 70.2 Å². The van der Waals surface area contributed by atoms with Gasteiger partial charge in [0.2, 0.25) is 0 Å². The van der Waals surface area contributed by atoms with E-state index in [1.807, 2.05) is 54.8 Å². The van der Waals surface area contributed by atoms with Crippen molar-refractivity contribution in [2.24, 2.45) is 0 Å². The number of thioether (sulfide) groups is 1. The number of nitrogens with zero attached hydrogens (tertiary/aromatic N) is 2. The Labute approximate surface area is 169 Å². The largest absolute Gasteiger partial charge is 0.467 e. The van der Waals surface area contributed by atoms with Crippen LogP contribution in [-0.2, 0) is 6.54 Å². The molecule has 0 N–H and O–H groups in total. The van der Waals surface area contributed by atoms with Crippen LogP contribution in [0.1, 0.15) is 16.1 Å². The Balaban J connectivity index is 1.79. The lowest BCUT2D eigenvalue weighted by atomic mass is 10.2. The van der Waals surface area contributed by atoms with Crippen LogP contribution >= 0.6 is 34.7 Å². The molecule has 0 radical (unpaired) electrons. The summed E-state index contributed by atoms with van der Waals surface area (Å²) in [4.78, 5) is 20.6. The number of hydrogen-bond donors (Lipinski definition) is 0. The molecule has 0 fully saturated rings. The average Bonchev–Trinajstić information content (AvgIpc) is 3.34. The molecule has 0 aliphatic rings. The zero-order chi connectivity index (χ0) is 18.8. The molecule has 0 saturated carbocycles. The van der Waals surface area contributed by atoms with Gasteiger partial charge in [-0.1, -0.05) is 35.1 Å². The number of aromatic nitrogens is 1. The lowest BCUT2D eigenvalue weighted by Gasteiger charge is -2.20. The van der Waals surface area contributed by atoms with Crippen molar-refractivity contribution in [3.05, 3.63) is 77.2 Å². The molecule has 0 spiro atoms. The first-order valence-corrected chi connectivity index (χ1v) is 10.6. The van der Waals surface area contributed by atoms with E-state index in [1.54, 1.807) is 29.0 Å². The number of thiazole rings is 1. The Morgan fingerprint density at radius 2 is 2.07 bits per heavy atom. The highest BCUT2D eigenvalue weighted by atomic mass is 35.5. The first kappa shape index (κ1) is 18.1. The molecule has 136 valence electrons. The minimum absolute atomic E-state index is 0.110. The molecule has 4 rings (SSSR count). The van der Waals surface area contributed by atoms with E-state index in [0.29, 0.717) is 28.0 Å². The summed E-state index contributed by atoms with van der Waals surface area (Å²) in [5, 5.41) is 1.26. The second-order valence-corrected chi connectivity index (χ2v) is 8.07. The summed E-state index contributed by atoms with van der Waals surface area (Å²) < 4.78 is 6.42. The third-order valence-electron chi connectivity index (χ3n) is 4.05. The third kappa shape index (κ3) is 3.74. The maximum absolute atomic E-state index is 13.4. The molecular formula is C20H15ClN2O2S2. The van der Waals surface area contributed by atoms with E-state index in [1.165, 1.54) is 11.3 Å². The standard InChI is InChI=1S/C20H15ClN2O2S2/c1-26-17-7-3-2-6-15(17)19(24)23(12-14-5-4-10-25-14)20-22-16-9-8-13(21)11-18(16)27-20/h2-11H,12H2,1H3. The second kappa shape index (κ2) is 7.76. The quantitative estimate of drug-likeness (QED) is 0.369. The van der Waals surface area contributed by atoms with Gasteiger partial charge in [-0.3, -0.25) is 9.69 Å². The van der Waals surface area contributed by atoms with E-state index < -0.39 is 0 Å². The maximum Gasteiger partial charge on any atom is 0.261 e. The van der Waals surface area contributed by atoms with E-state index in [9.17, 15) is 4.79 Å². The van der Waals surface area contributed by atoms with Gasteiger partial charge in [0.05, 0.1) is 28.6 Å². The first-order valence-electron chi connectivity index (χ1n) is 8.19. The zero-order valence-electron chi connectivity index (χ0n) is 14.4. The summed E-state index contributed by atoms with van der Waals surface area (Å²) >= 11 is 9.09. The van der Waals surface area contributed by atoms with Crippen molar-refractivity contribution in [1.29, 1.82) is 0 Å². The molecule has 0 saturated heterocycles. The molecule has 4 nitrogen and oxygen atoms in total. The molecule has 0 aliphatic heterocycles. The van der Waals surface area contributed by atoms with Gasteiger partial charge in [-0.2, -0.15) is 0 Å². The summed E-state index contributed by atoms with van der Waals surface area (Å²) in [6.45, 7) is 0.308. The van der Waals surface area contributed by atoms with Crippen LogP contribution in [0.2, 0.25) is 5.02 Å². The van der Waals surface area contributed by atoms with Gasteiger partial charge in [-0.05, 0) is 48.7 Å². The minimum Gasteiger partial charge on any atom is -0.467 e. The Bertz CT molecular complexity index is 1090. The predicted molar refractivity (Wildman–Crippen MR) is 112 cm³/mol. The number of fused-ring (bicyclic) bond motifs is 1. The lowest BCUT2D eigenvalue weighted by molar-refractivity contribution is 0.0980. The molecule has 1 amide bonds. The van der Waals surface area contributed by atoms with Gasteiger partial charge in [0, 0.05) is 9.92 Å². The van der Waals surface area contributed by atoms with Crippen LogP contribution in [-0.4, -0.2) is 17.1 Å². The number of carbonyl (C=O) groups is 1. The Kier molecular flexibility index (Phi) is 5.20. The van der Waals surface area contributed by atoms with Crippen LogP contribution in [0.5, 0.6) is 0 Å². The molecule has 2 heterocycles. The number of anilines is 1. The van der Waals surface area contributed by atoms with E-state index in [4.69, 9.17) is 16.0 Å². The topological polar surface area (TPSA) is 46.3 Å². The highest BCUT2D eigenvalue weighted by Crippen LogP contribution is 2.33. The smallest absolute Gasteiger partial charge is 0.261 e. The number of halogens is 1. The molecule has 0 atom stereocenters. The fourth-order valence-corrected chi connectivity index (χ4v) is 4.58. The molecule has 2 aromatic heterocycles. The van der Waals surface area contributed by atoms with Crippen molar-refractivity contribution in [3.8, 4) is 0 Å². The van der Waals surface area contributed by atoms with Gasteiger partial charge in [0.1, 0.15) is 5.76 Å². The molecule has 4 aromatic rings. The van der Waals surface area contributed by atoms with Gasteiger partial charge in [0.15, 0.2) is 5.13 Å². The normalized spacial score (nSPS) is 11.0. The lowest BCUT2D eigenvalue weighted by Crippen LogP contribution is -2.30. The summed E-state index contributed by atoms with van der Waals surface area (Å²) in [6.07, 6.45) is 3.56. The van der Waals surface area contributed by atoms with Crippen molar-refractivity contribution < 1.29 is 9.21 Å². The molecule has 27 heavy (non-hydrogen) atoms. The fourth-order valence-electron chi connectivity index (χ4n) is 2.75. The molecule has 0 aliphatic carbocycles. The SMILES string of the molecule is CSc1ccccc1C(=O)N(Cc1ccco1)c1nc2ccc(Cl)cc2s1. The van der Waals surface area contributed by atoms with Gasteiger partial charge < -0.3 is 4.42 Å². The summed E-state index contributed by atoms with van der Waals surface area (Å²) in [7, 11) is 0. The monoisotopic (exact) mass is 414 g/mol. The number of amides is 1. The Morgan fingerprint density at radius 3 is 2.85 bits per heavy atom. The number of carbonyl (C=O) groups excluding carboxylic acids is 1. The van der Waals surface area contributed by atoms with Gasteiger partial charge >= 0.3 is 0 Å². The zero-order valence-corrected chi connectivity index (χ0v) is 16.8. The van der Waals surface area contributed by atoms with Gasteiger partial charge in [-0.15, -0.1) is 11.8 Å². The number of furan rings is 1. The van der Waals surface area contributed by atoms with Crippen LogP contribution in [0, 0.1) is 0 Å². The molecule has 0 bridgehead atoms. The summed E-state index contributed by atoms with van der Waals surface area (Å²) in [5.74, 6) is 0.587. The van der Waals surface area contributed by atoms with Gasteiger partial charge in [-0.25, -0.2) is 4.98 Å². The maximum atomic E-state index is 13.4. The highest BCUT2D eigenvalue weighted by Gasteiger charge is 2.24. The van der Waals surface area contributed by atoms with Gasteiger partial charge in [0.25, 0.3) is 5.91 Å². The van der Waals surface area contributed by atoms with E-state index in [0.717, 1.165) is 15.1 Å². The van der Waals surface area contributed by atoms with Crippen molar-refractivity contribution in [2.75, 3.05) is 11.2 Å². The molecule has 2 aromatic carbocycles. The van der Waals surface area contributed by atoms with Crippen LogP contribution in [0.25, 0.3) is 10.2 Å². The predicted octanol–water partition coefficient (Wildman–Crippen LogP) is 6.11. The van der Waals surface area contributed by atoms with E-state index >= 15 is 0 Å².